The molecule has 1 atom stereocenters. The fraction of sp³-hybridized carbons (Fsp3) is 0.938. The molecule has 20 heavy (non-hydrogen) atoms. The van der Waals surface area contributed by atoms with Crippen molar-refractivity contribution >= 4 is 0 Å². The molecule has 0 saturated heterocycles. The van der Waals surface area contributed by atoms with E-state index in [2.05, 4.69) is 42.0 Å². The lowest BCUT2D eigenvalue weighted by Gasteiger charge is -2.33. The molecular formula is C16H32N4. The van der Waals surface area contributed by atoms with Crippen molar-refractivity contribution in [2.75, 3.05) is 46.3 Å². The molecule has 0 radical (unpaired) electrons. The number of nitrogens with one attached hydrogen (secondary N) is 1. The van der Waals surface area contributed by atoms with Gasteiger partial charge in [-0.3, -0.25) is 0 Å². The van der Waals surface area contributed by atoms with Crippen LogP contribution in [0.3, 0.4) is 0 Å². The van der Waals surface area contributed by atoms with Gasteiger partial charge >= 0.3 is 0 Å². The molecule has 1 N–H and O–H groups in total. The van der Waals surface area contributed by atoms with Gasteiger partial charge in [0.05, 0.1) is 6.07 Å². The molecule has 0 aromatic heterocycles. The molecule has 4 nitrogen and oxygen atoms in total. The monoisotopic (exact) mass is 280 g/mol. The number of hydrogen-bond acceptors (Lipinski definition) is 4. The van der Waals surface area contributed by atoms with E-state index in [1.165, 1.54) is 19.3 Å². The third kappa shape index (κ3) is 4.73. The topological polar surface area (TPSA) is 42.3 Å². The molecule has 0 aliphatic heterocycles. The van der Waals surface area contributed by atoms with Crippen molar-refractivity contribution in [2.45, 2.75) is 45.6 Å². The Morgan fingerprint density at radius 1 is 1.10 bits per heavy atom. The van der Waals surface area contributed by atoms with Crippen LogP contribution in [0.2, 0.25) is 0 Å². The highest BCUT2D eigenvalue weighted by molar-refractivity contribution is 5.16. The second kappa shape index (κ2) is 8.61. The minimum Gasteiger partial charge on any atom is -0.304 e. The van der Waals surface area contributed by atoms with Crippen LogP contribution in [0.25, 0.3) is 0 Å². The summed E-state index contributed by atoms with van der Waals surface area (Å²) in [7, 11) is 1.94. The van der Waals surface area contributed by atoms with Gasteiger partial charge in [-0.1, -0.05) is 20.8 Å². The van der Waals surface area contributed by atoms with Crippen molar-refractivity contribution in [3.63, 3.8) is 0 Å². The SMILES string of the molecule is CCN(CC)CCCN(CC)CC(C#N)(NC)C1CC1. The lowest BCUT2D eigenvalue weighted by atomic mass is 9.94. The minimum absolute atomic E-state index is 0.328. The molecule has 0 aromatic carbocycles. The Bertz CT molecular complexity index is 304. The molecule has 0 amide bonds. The van der Waals surface area contributed by atoms with Crippen LogP contribution in [0, 0.1) is 17.2 Å². The molecule has 1 fully saturated rings. The van der Waals surface area contributed by atoms with Crippen LogP contribution in [0.5, 0.6) is 0 Å². The second-order valence-electron chi connectivity index (χ2n) is 5.86. The Hall–Kier alpha value is -0.630. The molecule has 1 rings (SSSR count). The Balaban J connectivity index is 2.43. The zero-order valence-electron chi connectivity index (χ0n) is 13.8. The fourth-order valence-corrected chi connectivity index (χ4v) is 2.93. The summed E-state index contributed by atoms with van der Waals surface area (Å²) in [5.41, 5.74) is -0.328. The van der Waals surface area contributed by atoms with Crippen LogP contribution in [0.1, 0.15) is 40.0 Å². The molecular weight excluding hydrogens is 248 g/mol. The summed E-state index contributed by atoms with van der Waals surface area (Å²) in [6.45, 7) is 13.0. The van der Waals surface area contributed by atoms with Crippen molar-refractivity contribution in [2.24, 2.45) is 5.92 Å². The standard InChI is InChI=1S/C16H32N4/c1-5-19(6-2)11-8-12-20(7-3)14-16(13-17,18-4)15-9-10-15/h15,18H,5-12,14H2,1-4H3. The maximum atomic E-state index is 9.57. The third-order valence-corrected chi connectivity index (χ3v) is 4.68. The number of nitrogens with zero attached hydrogens (tertiary/aromatic N) is 3. The van der Waals surface area contributed by atoms with E-state index in [-0.39, 0.29) is 5.54 Å². The number of hydrogen-bond donors (Lipinski definition) is 1. The molecule has 0 bridgehead atoms. The third-order valence-electron chi connectivity index (χ3n) is 4.68. The summed E-state index contributed by atoms with van der Waals surface area (Å²) >= 11 is 0. The first-order valence-corrected chi connectivity index (χ1v) is 8.20. The lowest BCUT2D eigenvalue weighted by Crippen LogP contribution is -2.53. The maximum absolute atomic E-state index is 9.57. The van der Waals surface area contributed by atoms with Gasteiger partial charge in [0.1, 0.15) is 5.54 Å². The summed E-state index contributed by atoms with van der Waals surface area (Å²) in [5.74, 6) is 0.550. The first kappa shape index (κ1) is 17.4. The van der Waals surface area contributed by atoms with Crippen LogP contribution in [-0.2, 0) is 0 Å². The molecule has 116 valence electrons. The Labute approximate surface area is 125 Å². The van der Waals surface area contributed by atoms with Crippen molar-refractivity contribution < 1.29 is 0 Å². The quantitative estimate of drug-likeness (QED) is 0.628. The average Bonchev–Trinajstić information content (AvgIpc) is 3.32. The molecule has 1 saturated carbocycles. The van der Waals surface area contributed by atoms with Gasteiger partial charge < -0.3 is 15.1 Å². The van der Waals surface area contributed by atoms with E-state index in [0.717, 1.165) is 39.3 Å². The van der Waals surface area contributed by atoms with Gasteiger partial charge in [-0.2, -0.15) is 5.26 Å². The summed E-state index contributed by atoms with van der Waals surface area (Å²) in [6.07, 6.45) is 3.59. The fourth-order valence-electron chi connectivity index (χ4n) is 2.93. The summed E-state index contributed by atoms with van der Waals surface area (Å²) in [5, 5.41) is 12.9. The van der Waals surface area contributed by atoms with Crippen molar-refractivity contribution in [3.05, 3.63) is 0 Å². The van der Waals surface area contributed by atoms with E-state index in [1.54, 1.807) is 0 Å². The molecule has 0 spiro atoms. The highest BCUT2D eigenvalue weighted by Gasteiger charge is 2.45. The number of likely N-dealkylation sites (N-methyl/N-ethyl adjacent to an activating group) is 2. The largest absolute Gasteiger partial charge is 0.304 e. The zero-order chi connectivity index (χ0) is 15.0. The number of rotatable bonds is 11. The summed E-state index contributed by atoms with van der Waals surface area (Å²) < 4.78 is 0. The Morgan fingerprint density at radius 2 is 1.65 bits per heavy atom. The van der Waals surface area contributed by atoms with E-state index < -0.39 is 0 Å². The van der Waals surface area contributed by atoms with Gasteiger partial charge in [-0.25, -0.2) is 0 Å². The van der Waals surface area contributed by atoms with Gasteiger partial charge in [0.15, 0.2) is 0 Å². The lowest BCUT2D eigenvalue weighted by molar-refractivity contribution is 0.195. The van der Waals surface area contributed by atoms with E-state index >= 15 is 0 Å². The normalized spacial score (nSPS) is 18.2. The van der Waals surface area contributed by atoms with Gasteiger partial charge in [0.25, 0.3) is 0 Å². The van der Waals surface area contributed by atoms with E-state index in [1.807, 2.05) is 7.05 Å². The van der Waals surface area contributed by atoms with Crippen LogP contribution in [-0.4, -0.2) is 61.7 Å². The molecule has 0 aromatic rings. The maximum Gasteiger partial charge on any atom is 0.122 e. The first-order valence-electron chi connectivity index (χ1n) is 8.20. The smallest absolute Gasteiger partial charge is 0.122 e. The zero-order valence-corrected chi connectivity index (χ0v) is 13.8. The predicted octanol–water partition coefficient (Wildman–Crippen LogP) is 1.93. The van der Waals surface area contributed by atoms with E-state index in [0.29, 0.717) is 5.92 Å². The molecule has 0 heterocycles. The van der Waals surface area contributed by atoms with Crippen LogP contribution >= 0.6 is 0 Å². The van der Waals surface area contributed by atoms with Crippen molar-refractivity contribution in [1.29, 1.82) is 5.26 Å². The Morgan fingerprint density at radius 3 is 2.05 bits per heavy atom. The molecule has 1 aliphatic carbocycles. The molecule has 1 aliphatic rings. The van der Waals surface area contributed by atoms with Crippen LogP contribution in [0.15, 0.2) is 0 Å². The summed E-state index contributed by atoms with van der Waals surface area (Å²) in [4.78, 5) is 4.89. The van der Waals surface area contributed by atoms with Crippen molar-refractivity contribution in [1.82, 2.24) is 15.1 Å². The van der Waals surface area contributed by atoms with Gasteiger partial charge in [-0.05, 0) is 65.0 Å². The highest BCUT2D eigenvalue weighted by atomic mass is 15.2. The van der Waals surface area contributed by atoms with Crippen LogP contribution < -0.4 is 5.32 Å². The number of nitriles is 1. The first-order chi connectivity index (χ1) is 9.65. The highest BCUT2D eigenvalue weighted by Crippen LogP contribution is 2.39. The van der Waals surface area contributed by atoms with E-state index in [9.17, 15) is 5.26 Å². The van der Waals surface area contributed by atoms with E-state index in [4.69, 9.17) is 0 Å². The average molecular weight is 280 g/mol. The van der Waals surface area contributed by atoms with Gasteiger partial charge in [0, 0.05) is 6.54 Å². The van der Waals surface area contributed by atoms with Crippen LogP contribution in [0.4, 0.5) is 0 Å². The van der Waals surface area contributed by atoms with Gasteiger partial charge in [0.2, 0.25) is 0 Å². The minimum atomic E-state index is -0.328. The second-order valence-corrected chi connectivity index (χ2v) is 5.86. The predicted molar refractivity (Wildman–Crippen MR) is 84.6 cm³/mol. The summed E-state index contributed by atoms with van der Waals surface area (Å²) in [6, 6.07) is 2.55. The Kier molecular flexibility index (Phi) is 7.50. The molecule has 4 heteroatoms. The van der Waals surface area contributed by atoms with Crippen molar-refractivity contribution in [3.8, 4) is 6.07 Å². The molecule has 1 unspecified atom stereocenters. The van der Waals surface area contributed by atoms with Gasteiger partial charge in [-0.15, -0.1) is 0 Å².